The highest BCUT2D eigenvalue weighted by Gasteiger charge is 2.40. The smallest absolute Gasteiger partial charge is 0.191 e. The molecule has 1 aliphatic carbocycles. The van der Waals surface area contributed by atoms with Crippen LogP contribution < -0.4 is 5.32 Å². The SMILES string of the molecule is CCC1=NC2=CCC3CC(C(C)CCSc4nnc(-c5cccc6nc(C)ccc56)n4C)NCC(Br)=C3C2O1. The highest BCUT2D eigenvalue weighted by Crippen LogP contribution is 2.43. The zero-order valence-electron chi connectivity index (χ0n) is 22.9. The average Bonchev–Trinajstić information content (AvgIpc) is 3.47. The number of nitrogens with zero attached hydrogens (tertiary/aromatic N) is 5. The number of thioether (sulfide) groups is 1. The lowest BCUT2D eigenvalue weighted by Crippen LogP contribution is -2.36. The maximum Gasteiger partial charge on any atom is 0.191 e. The van der Waals surface area contributed by atoms with Gasteiger partial charge in [-0.15, -0.1) is 10.2 Å². The zero-order valence-corrected chi connectivity index (χ0v) is 25.3. The van der Waals surface area contributed by atoms with Gasteiger partial charge < -0.3 is 14.6 Å². The second-order valence-corrected chi connectivity index (χ2v) is 12.8. The molecule has 0 bridgehead atoms. The number of aliphatic imine (C=N–C) groups is 1. The Labute approximate surface area is 242 Å². The van der Waals surface area contributed by atoms with Crippen LogP contribution in [-0.4, -0.2) is 50.1 Å². The Morgan fingerprint density at radius 1 is 1.23 bits per heavy atom. The highest BCUT2D eigenvalue weighted by molar-refractivity contribution is 9.11. The van der Waals surface area contributed by atoms with Crippen LogP contribution in [0, 0.1) is 18.8 Å². The summed E-state index contributed by atoms with van der Waals surface area (Å²) in [5, 5.41) is 15.0. The maximum absolute atomic E-state index is 6.24. The molecule has 3 aromatic rings. The van der Waals surface area contributed by atoms with E-state index in [4.69, 9.17) is 9.73 Å². The van der Waals surface area contributed by atoms with Gasteiger partial charge in [-0.25, -0.2) is 4.99 Å². The molecule has 6 rings (SSSR count). The van der Waals surface area contributed by atoms with E-state index in [1.165, 1.54) is 10.1 Å². The van der Waals surface area contributed by atoms with Crippen LogP contribution in [0.4, 0.5) is 0 Å². The van der Waals surface area contributed by atoms with E-state index in [0.29, 0.717) is 17.9 Å². The number of benzene rings is 1. The van der Waals surface area contributed by atoms with Crippen LogP contribution in [0.5, 0.6) is 0 Å². The third-order valence-corrected chi connectivity index (χ3v) is 10.0. The van der Waals surface area contributed by atoms with Crippen LogP contribution >= 0.6 is 27.7 Å². The lowest BCUT2D eigenvalue weighted by molar-refractivity contribution is 0.240. The predicted octanol–water partition coefficient (Wildman–Crippen LogP) is 6.58. The average molecular weight is 608 g/mol. The fourth-order valence-corrected chi connectivity index (χ4v) is 7.71. The second kappa shape index (κ2) is 11.2. The topological polar surface area (TPSA) is 77.2 Å². The van der Waals surface area contributed by atoms with Gasteiger partial charge >= 0.3 is 0 Å². The van der Waals surface area contributed by atoms with Gasteiger partial charge in [0, 0.05) is 52.9 Å². The summed E-state index contributed by atoms with van der Waals surface area (Å²) in [6.45, 7) is 7.34. The first-order chi connectivity index (χ1) is 18.9. The lowest BCUT2D eigenvalue weighted by atomic mass is 9.79. The molecule has 0 spiro atoms. The summed E-state index contributed by atoms with van der Waals surface area (Å²) in [7, 11) is 2.06. The van der Waals surface area contributed by atoms with Crippen molar-refractivity contribution in [3.05, 3.63) is 57.9 Å². The summed E-state index contributed by atoms with van der Waals surface area (Å²) in [4.78, 5) is 9.40. The van der Waals surface area contributed by atoms with E-state index in [0.717, 1.165) is 82.7 Å². The van der Waals surface area contributed by atoms with Gasteiger partial charge in [-0.05, 0) is 55.7 Å². The minimum Gasteiger partial charge on any atom is -0.466 e. The van der Waals surface area contributed by atoms with Crippen molar-refractivity contribution in [3.63, 3.8) is 0 Å². The number of fused-ring (bicyclic) bond motifs is 4. The Morgan fingerprint density at radius 3 is 2.95 bits per heavy atom. The second-order valence-electron chi connectivity index (χ2n) is 10.8. The van der Waals surface area contributed by atoms with E-state index in [9.17, 15) is 0 Å². The number of pyridine rings is 1. The molecule has 0 amide bonds. The first-order valence-corrected chi connectivity index (χ1v) is 15.7. The molecule has 3 aliphatic rings. The molecular formula is C30H35BrN6OS. The van der Waals surface area contributed by atoms with Crippen molar-refractivity contribution in [2.24, 2.45) is 23.9 Å². The molecule has 0 fully saturated rings. The number of halogens is 1. The number of allylic oxidation sites excluding steroid dienone is 1. The summed E-state index contributed by atoms with van der Waals surface area (Å²) >= 11 is 5.69. The zero-order chi connectivity index (χ0) is 27.1. The highest BCUT2D eigenvalue weighted by atomic mass is 79.9. The quantitative estimate of drug-likeness (QED) is 0.306. The monoisotopic (exact) mass is 606 g/mol. The molecule has 4 unspecified atom stereocenters. The summed E-state index contributed by atoms with van der Waals surface area (Å²) in [6.07, 6.45) is 6.38. The molecule has 9 heteroatoms. The van der Waals surface area contributed by atoms with Gasteiger partial charge in [-0.1, -0.05) is 65.8 Å². The summed E-state index contributed by atoms with van der Waals surface area (Å²) < 4.78 is 9.59. The molecule has 0 saturated heterocycles. The molecule has 204 valence electrons. The fourth-order valence-electron chi connectivity index (χ4n) is 5.96. The predicted molar refractivity (Wildman–Crippen MR) is 162 cm³/mol. The van der Waals surface area contributed by atoms with Crippen molar-refractivity contribution >= 4 is 44.5 Å². The van der Waals surface area contributed by atoms with E-state index >= 15 is 0 Å². The fraction of sp³-hybridized carbons (Fsp3) is 0.467. The lowest BCUT2D eigenvalue weighted by Gasteiger charge is -2.31. The van der Waals surface area contributed by atoms with Crippen molar-refractivity contribution in [1.29, 1.82) is 0 Å². The molecule has 2 aromatic heterocycles. The van der Waals surface area contributed by atoms with Crippen LogP contribution in [0.1, 0.15) is 45.2 Å². The number of rotatable bonds is 7. The Kier molecular flexibility index (Phi) is 7.66. The molecule has 4 heterocycles. The molecule has 0 saturated carbocycles. The van der Waals surface area contributed by atoms with Crippen LogP contribution in [-0.2, 0) is 11.8 Å². The van der Waals surface area contributed by atoms with Crippen molar-refractivity contribution in [2.45, 2.75) is 63.8 Å². The van der Waals surface area contributed by atoms with Crippen LogP contribution in [0.25, 0.3) is 22.3 Å². The largest absolute Gasteiger partial charge is 0.466 e. The van der Waals surface area contributed by atoms with Gasteiger partial charge in [0.05, 0.1) is 11.2 Å². The van der Waals surface area contributed by atoms with Crippen molar-refractivity contribution in [3.8, 4) is 11.4 Å². The molecular weight excluding hydrogens is 572 g/mol. The Morgan fingerprint density at radius 2 is 2.10 bits per heavy atom. The van der Waals surface area contributed by atoms with Gasteiger partial charge in [0.2, 0.25) is 0 Å². The van der Waals surface area contributed by atoms with Crippen LogP contribution in [0.15, 0.2) is 62.3 Å². The van der Waals surface area contributed by atoms with Gasteiger partial charge in [0.15, 0.2) is 23.0 Å². The van der Waals surface area contributed by atoms with Crippen molar-refractivity contribution in [2.75, 3.05) is 12.3 Å². The van der Waals surface area contributed by atoms with Crippen LogP contribution in [0.2, 0.25) is 0 Å². The molecule has 1 aromatic carbocycles. The maximum atomic E-state index is 6.24. The Hall–Kier alpha value is -2.49. The van der Waals surface area contributed by atoms with Gasteiger partial charge in [0.25, 0.3) is 0 Å². The van der Waals surface area contributed by atoms with Gasteiger partial charge in [-0.3, -0.25) is 4.98 Å². The van der Waals surface area contributed by atoms with E-state index in [2.05, 4.69) is 92.2 Å². The summed E-state index contributed by atoms with van der Waals surface area (Å²) in [6, 6.07) is 10.8. The number of hydrogen-bond acceptors (Lipinski definition) is 7. The number of hydrogen-bond donors (Lipinski definition) is 1. The number of nitrogens with one attached hydrogen (secondary N) is 1. The molecule has 7 nitrogen and oxygen atoms in total. The first kappa shape index (κ1) is 26.7. The van der Waals surface area contributed by atoms with Gasteiger partial charge in [0.1, 0.15) is 0 Å². The van der Waals surface area contributed by atoms with E-state index < -0.39 is 0 Å². The van der Waals surface area contributed by atoms with Crippen LogP contribution in [0.3, 0.4) is 0 Å². The van der Waals surface area contributed by atoms with E-state index in [1.54, 1.807) is 11.8 Å². The van der Waals surface area contributed by atoms with E-state index in [-0.39, 0.29) is 6.10 Å². The molecule has 4 atom stereocenters. The number of ether oxygens (including phenoxy) is 1. The third-order valence-electron chi connectivity index (χ3n) is 8.22. The first-order valence-electron chi connectivity index (χ1n) is 13.9. The third kappa shape index (κ3) is 5.21. The minimum absolute atomic E-state index is 0.00821. The number of aromatic nitrogens is 4. The van der Waals surface area contributed by atoms with Crippen molar-refractivity contribution in [1.82, 2.24) is 25.1 Å². The molecule has 2 aliphatic heterocycles. The molecule has 1 N–H and O–H groups in total. The Balaban J connectivity index is 1.09. The molecule has 39 heavy (non-hydrogen) atoms. The summed E-state index contributed by atoms with van der Waals surface area (Å²) in [5.41, 5.74) is 5.56. The minimum atomic E-state index is -0.00821. The Bertz CT molecular complexity index is 1490. The van der Waals surface area contributed by atoms with Crippen molar-refractivity contribution < 1.29 is 4.74 Å². The normalized spacial score (nSPS) is 23.6. The van der Waals surface area contributed by atoms with Gasteiger partial charge in [-0.2, -0.15) is 0 Å². The number of aryl methyl sites for hydroxylation is 1. The standard InChI is InChI=1S/C30H35BrN6OS/c1-5-26-34-24-12-10-19-15-25(32-16-22(31)27(19)28(24)38-26)17(2)13-14-39-30-36-35-29(37(30)4)21-7-6-8-23-20(21)11-9-18(3)33-23/h6-9,11-12,17,19,25,28,32H,5,10,13-16H2,1-4H3. The molecule has 0 radical (unpaired) electrons. The summed E-state index contributed by atoms with van der Waals surface area (Å²) in [5.74, 6) is 3.75. The van der Waals surface area contributed by atoms with E-state index in [1.807, 2.05) is 13.0 Å².